The summed E-state index contributed by atoms with van der Waals surface area (Å²) in [4.78, 5) is 14.7. The second-order valence-electron chi connectivity index (χ2n) is 8.70. The van der Waals surface area contributed by atoms with Gasteiger partial charge >= 0.3 is 0 Å². The molecule has 0 unspecified atom stereocenters. The standard InChI is InChI=1S/C26H32ClNO4/c1-30-14-15-32-26-18-21(2-4-23(26)27)16-20-7-11-28(12-8-20)10-6-19-3-5-25-22(17-19)24(29)9-13-31-25/h2-5,17-18,20H,6-16H2,1H3. The quantitative estimate of drug-likeness (QED) is 0.505. The second-order valence-corrected chi connectivity index (χ2v) is 9.10. The average molecular weight is 458 g/mol. The number of methoxy groups -OCH3 is 1. The summed E-state index contributed by atoms with van der Waals surface area (Å²) >= 11 is 6.27. The summed E-state index contributed by atoms with van der Waals surface area (Å²) < 4.78 is 16.4. The first-order valence-corrected chi connectivity index (χ1v) is 11.9. The van der Waals surface area contributed by atoms with Gasteiger partial charge < -0.3 is 19.1 Å². The maximum Gasteiger partial charge on any atom is 0.170 e. The van der Waals surface area contributed by atoms with Gasteiger partial charge in [-0.25, -0.2) is 0 Å². The molecule has 32 heavy (non-hydrogen) atoms. The fraction of sp³-hybridized carbons (Fsp3) is 0.500. The molecular weight excluding hydrogens is 426 g/mol. The zero-order valence-electron chi connectivity index (χ0n) is 18.8. The van der Waals surface area contributed by atoms with Crippen molar-refractivity contribution >= 4 is 17.4 Å². The van der Waals surface area contributed by atoms with Gasteiger partial charge in [-0.3, -0.25) is 4.79 Å². The van der Waals surface area contributed by atoms with Crippen molar-refractivity contribution in [3.05, 3.63) is 58.1 Å². The van der Waals surface area contributed by atoms with Crippen LogP contribution in [0, 0.1) is 5.92 Å². The number of piperidine rings is 1. The van der Waals surface area contributed by atoms with Gasteiger partial charge in [0.25, 0.3) is 0 Å². The molecule has 2 aliphatic heterocycles. The first-order valence-electron chi connectivity index (χ1n) is 11.5. The molecular formula is C26H32ClNO4. The molecule has 2 aromatic carbocycles. The first-order chi connectivity index (χ1) is 15.6. The van der Waals surface area contributed by atoms with Crippen molar-refractivity contribution in [2.75, 3.05) is 46.6 Å². The molecule has 1 saturated heterocycles. The van der Waals surface area contributed by atoms with E-state index in [4.69, 9.17) is 25.8 Å². The van der Waals surface area contributed by atoms with Crippen molar-refractivity contribution in [2.24, 2.45) is 5.92 Å². The summed E-state index contributed by atoms with van der Waals surface area (Å²) in [5.41, 5.74) is 3.24. The van der Waals surface area contributed by atoms with Crippen molar-refractivity contribution in [3.8, 4) is 11.5 Å². The maximum absolute atomic E-state index is 12.1. The van der Waals surface area contributed by atoms with Crippen LogP contribution >= 0.6 is 11.6 Å². The minimum atomic E-state index is 0.198. The summed E-state index contributed by atoms with van der Waals surface area (Å²) in [6.45, 7) is 4.81. The van der Waals surface area contributed by atoms with Crippen LogP contribution in [0.15, 0.2) is 36.4 Å². The maximum atomic E-state index is 12.1. The molecule has 2 aromatic rings. The van der Waals surface area contributed by atoms with Crippen molar-refractivity contribution in [1.82, 2.24) is 4.90 Å². The number of benzene rings is 2. The van der Waals surface area contributed by atoms with Gasteiger partial charge in [-0.1, -0.05) is 23.7 Å². The number of likely N-dealkylation sites (tertiary alicyclic amines) is 1. The van der Waals surface area contributed by atoms with E-state index < -0.39 is 0 Å². The Hall–Kier alpha value is -2.08. The highest BCUT2D eigenvalue weighted by Crippen LogP contribution is 2.29. The van der Waals surface area contributed by atoms with Gasteiger partial charge in [0.15, 0.2) is 5.78 Å². The van der Waals surface area contributed by atoms with Crippen LogP contribution in [0.2, 0.25) is 5.02 Å². The van der Waals surface area contributed by atoms with Gasteiger partial charge in [-0.15, -0.1) is 0 Å². The monoisotopic (exact) mass is 457 g/mol. The number of hydrogen-bond acceptors (Lipinski definition) is 5. The van der Waals surface area contributed by atoms with Gasteiger partial charge in [0, 0.05) is 20.1 Å². The minimum absolute atomic E-state index is 0.198. The van der Waals surface area contributed by atoms with Crippen molar-refractivity contribution in [3.63, 3.8) is 0 Å². The van der Waals surface area contributed by atoms with E-state index in [-0.39, 0.29) is 5.78 Å². The lowest BCUT2D eigenvalue weighted by atomic mass is 9.90. The van der Waals surface area contributed by atoms with Crippen LogP contribution in [-0.2, 0) is 17.6 Å². The van der Waals surface area contributed by atoms with Crippen LogP contribution in [0.4, 0.5) is 0 Å². The molecule has 2 heterocycles. The van der Waals surface area contributed by atoms with Gasteiger partial charge in [0.1, 0.15) is 18.1 Å². The third-order valence-corrected chi connectivity index (χ3v) is 6.73. The van der Waals surface area contributed by atoms with E-state index in [2.05, 4.69) is 23.1 Å². The van der Waals surface area contributed by atoms with Gasteiger partial charge in [-0.05, 0) is 80.1 Å². The number of carbonyl (C=O) groups is 1. The number of fused-ring (bicyclic) bond motifs is 1. The summed E-state index contributed by atoms with van der Waals surface area (Å²) in [6.07, 6.45) is 4.89. The third-order valence-electron chi connectivity index (χ3n) is 6.42. The summed E-state index contributed by atoms with van der Waals surface area (Å²) in [6, 6.07) is 12.2. The normalized spacial score (nSPS) is 17.1. The molecule has 0 spiro atoms. The van der Waals surface area contributed by atoms with E-state index in [0.717, 1.165) is 49.5 Å². The number of rotatable bonds is 9. The third kappa shape index (κ3) is 6.03. The Morgan fingerprint density at radius 2 is 1.91 bits per heavy atom. The molecule has 6 heteroatoms. The molecule has 0 radical (unpaired) electrons. The Morgan fingerprint density at radius 1 is 1.09 bits per heavy atom. The molecule has 2 aliphatic rings. The van der Waals surface area contributed by atoms with E-state index in [1.54, 1.807) is 7.11 Å². The SMILES string of the molecule is COCCOc1cc(CC2CCN(CCc3ccc4c(c3)C(=O)CCO4)CC2)ccc1Cl. The highest BCUT2D eigenvalue weighted by molar-refractivity contribution is 6.32. The molecule has 0 atom stereocenters. The summed E-state index contributed by atoms with van der Waals surface area (Å²) in [5, 5.41) is 0.648. The average Bonchev–Trinajstić information content (AvgIpc) is 2.81. The highest BCUT2D eigenvalue weighted by atomic mass is 35.5. The molecule has 0 aromatic heterocycles. The topological polar surface area (TPSA) is 48.0 Å². The van der Waals surface area contributed by atoms with Crippen LogP contribution in [-0.4, -0.2) is 57.2 Å². The molecule has 0 saturated carbocycles. The Labute approximate surface area is 195 Å². The van der Waals surface area contributed by atoms with Gasteiger partial charge in [0.05, 0.1) is 23.8 Å². The molecule has 0 bridgehead atoms. The van der Waals surface area contributed by atoms with Crippen LogP contribution in [0.1, 0.15) is 40.7 Å². The zero-order valence-corrected chi connectivity index (χ0v) is 19.5. The molecule has 0 N–H and O–H groups in total. The molecule has 5 nitrogen and oxygen atoms in total. The number of Topliss-reactive ketones (excluding diaryl/α,β-unsaturated/α-hetero) is 1. The fourth-order valence-electron chi connectivity index (χ4n) is 4.52. The predicted octanol–water partition coefficient (Wildman–Crippen LogP) is 4.83. The van der Waals surface area contributed by atoms with Gasteiger partial charge in [-0.2, -0.15) is 0 Å². The van der Waals surface area contributed by atoms with Gasteiger partial charge in [0.2, 0.25) is 0 Å². The zero-order chi connectivity index (χ0) is 22.3. The number of ether oxygens (including phenoxy) is 3. The highest BCUT2D eigenvalue weighted by Gasteiger charge is 2.21. The fourth-order valence-corrected chi connectivity index (χ4v) is 4.69. The second kappa shape index (κ2) is 11.2. The summed E-state index contributed by atoms with van der Waals surface area (Å²) in [7, 11) is 1.66. The Kier molecular flexibility index (Phi) is 8.06. The van der Waals surface area contributed by atoms with Crippen LogP contribution < -0.4 is 9.47 Å². The van der Waals surface area contributed by atoms with Crippen LogP contribution in [0.25, 0.3) is 0 Å². The van der Waals surface area contributed by atoms with Crippen LogP contribution in [0.3, 0.4) is 0 Å². The number of carbonyl (C=O) groups excluding carboxylic acids is 1. The Morgan fingerprint density at radius 3 is 2.72 bits per heavy atom. The smallest absolute Gasteiger partial charge is 0.170 e. The Bertz CT molecular complexity index is 924. The Balaban J connectivity index is 1.24. The van der Waals surface area contributed by atoms with E-state index >= 15 is 0 Å². The van der Waals surface area contributed by atoms with Crippen molar-refractivity contribution < 1.29 is 19.0 Å². The largest absolute Gasteiger partial charge is 0.492 e. The molecule has 0 amide bonds. The number of hydrogen-bond donors (Lipinski definition) is 0. The summed E-state index contributed by atoms with van der Waals surface area (Å²) in [5.74, 6) is 2.36. The van der Waals surface area contributed by atoms with Crippen molar-refractivity contribution in [2.45, 2.75) is 32.1 Å². The first kappa shape index (κ1) is 23.1. The van der Waals surface area contributed by atoms with Crippen molar-refractivity contribution in [1.29, 1.82) is 0 Å². The van der Waals surface area contributed by atoms with E-state index in [1.807, 2.05) is 18.2 Å². The molecule has 4 rings (SSSR count). The van der Waals surface area contributed by atoms with E-state index in [1.165, 1.54) is 24.0 Å². The molecule has 1 fully saturated rings. The lowest BCUT2D eigenvalue weighted by molar-refractivity contribution is 0.0933. The number of nitrogens with zero attached hydrogens (tertiary/aromatic N) is 1. The number of ketones is 1. The lowest BCUT2D eigenvalue weighted by Crippen LogP contribution is -2.35. The van der Waals surface area contributed by atoms with Crippen LogP contribution in [0.5, 0.6) is 11.5 Å². The lowest BCUT2D eigenvalue weighted by Gasteiger charge is -2.32. The minimum Gasteiger partial charge on any atom is -0.492 e. The number of halogens is 1. The van der Waals surface area contributed by atoms with E-state index in [9.17, 15) is 4.79 Å². The van der Waals surface area contributed by atoms with E-state index in [0.29, 0.717) is 37.2 Å². The molecule has 172 valence electrons. The molecule has 0 aliphatic carbocycles. The predicted molar refractivity (Wildman–Crippen MR) is 126 cm³/mol.